The number of rotatable bonds is 5. The molecule has 24 heavy (non-hydrogen) atoms. The predicted molar refractivity (Wildman–Crippen MR) is 92.7 cm³/mol. The summed E-state index contributed by atoms with van der Waals surface area (Å²) in [5.74, 6) is -0.476. The normalized spacial score (nSPS) is 16.0. The molecule has 1 heterocycles. The van der Waals surface area contributed by atoms with Crippen molar-refractivity contribution < 1.29 is 10.0 Å². The van der Waals surface area contributed by atoms with Crippen LogP contribution in [0.5, 0.6) is 0 Å². The standard InChI is InChI=1S/C19H23N3O2/c23-19(20-24)18-8-6-17(7-9-18)15-22-12-10-21(11-13-22)14-16-4-2-1-3-5-16/h1-9,24H,10-15H2,(H,20,23). The van der Waals surface area contributed by atoms with Crippen LogP contribution in [-0.4, -0.2) is 47.1 Å². The third kappa shape index (κ3) is 4.41. The van der Waals surface area contributed by atoms with Crippen LogP contribution in [0.3, 0.4) is 0 Å². The second kappa shape index (κ2) is 8.06. The molecule has 0 spiro atoms. The van der Waals surface area contributed by atoms with Gasteiger partial charge >= 0.3 is 0 Å². The van der Waals surface area contributed by atoms with Crippen LogP contribution in [0, 0.1) is 0 Å². The van der Waals surface area contributed by atoms with E-state index in [2.05, 4.69) is 40.1 Å². The number of amides is 1. The highest BCUT2D eigenvalue weighted by Gasteiger charge is 2.17. The van der Waals surface area contributed by atoms with Crippen molar-refractivity contribution in [1.82, 2.24) is 15.3 Å². The van der Waals surface area contributed by atoms with Crippen molar-refractivity contribution in [1.29, 1.82) is 0 Å². The molecule has 1 saturated heterocycles. The highest BCUT2D eigenvalue weighted by molar-refractivity contribution is 5.93. The Hall–Kier alpha value is -2.21. The summed E-state index contributed by atoms with van der Waals surface area (Å²) in [4.78, 5) is 16.2. The molecule has 5 heteroatoms. The molecule has 1 fully saturated rings. The molecule has 0 aromatic heterocycles. The summed E-state index contributed by atoms with van der Waals surface area (Å²) in [6.45, 7) is 6.14. The lowest BCUT2D eigenvalue weighted by Gasteiger charge is -2.34. The molecule has 2 N–H and O–H groups in total. The van der Waals surface area contributed by atoms with Crippen molar-refractivity contribution in [3.05, 3.63) is 71.3 Å². The van der Waals surface area contributed by atoms with E-state index in [1.165, 1.54) is 11.1 Å². The van der Waals surface area contributed by atoms with Crippen molar-refractivity contribution in [2.45, 2.75) is 13.1 Å². The quantitative estimate of drug-likeness (QED) is 0.653. The van der Waals surface area contributed by atoms with Gasteiger partial charge in [0, 0.05) is 44.8 Å². The molecule has 2 aromatic carbocycles. The van der Waals surface area contributed by atoms with Gasteiger partial charge in [0.05, 0.1) is 0 Å². The number of benzene rings is 2. The van der Waals surface area contributed by atoms with Gasteiger partial charge in [-0.1, -0.05) is 42.5 Å². The van der Waals surface area contributed by atoms with Gasteiger partial charge in [0.1, 0.15) is 0 Å². The molecule has 2 aromatic rings. The van der Waals surface area contributed by atoms with Gasteiger partial charge in [-0.2, -0.15) is 0 Å². The Balaban J connectivity index is 1.47. The van der Waals surface area contributed by atoms with Crippen molar-refractivity contribution in [2.24, 2.45) is 0 Å². The zero-order chi connectivity index (χ0) is 16.8. The Kier molecular flexibility index (Phi) is 5.59. The van der Waals surface area contributed by atoms with E-state index in [4.69, 9.17) is 5.21 Å². The van der Waals surface area contributed by atoms with Crippen LogP contribution in [-0.2, 0) is 13.1 Å². The number of hydrogen-bond acceptors (Lipinski definition) is 4. The van der Waals surface area contributed by atoms with Gasteiger partial charge in [-0.05, 0) is 23.3 Å². The van der Waals surface area contributed by atoms with Gasteiger partial charge in [0.15, 0.2) is 0 Å². The van der Waals surface area contributed by atoms with Gasteiger partial charge in [0.25, 0.3) is 5.91 Å². The monoisotopic (exact) mass is 325 g/mol. The summed E-state index contributed by atoms with van der Waals surface area (Å²) >= 11 is 0. The van der Waals surface area contributed by atoms with Gasteiger partial charge < -0.3 is 0 Å². The van der Waals surface area contributed by atoms with Crippen LogP contribution in [0.2, 0.25) is 0 Å². The predicted octanol–water partition coefficient (Wildman–Crippen LogP) is 2.12. The maximum absolute atomic E-state index is 11.3. The van der Waals surface area contributed by atoms with E-state index in [0.717, 1.165) is 39.3 Å². The van der Waals surface area contributed by atoms with Crippen molar-refractivity contribution in [2.75, 3.05) is 26.2 Å². The number of hydrogen-bond donors (Lipinski definition) is 2. The number of nitrogens with one attached hydrogen (secondary N) is 1. The highest BCUT2D eigenvalue weighted by atomic mass is 16.5. The third-order valence-electron chi connectivity index (χ3n) is 4.44. The Bertz CT molecular complexity index is 650. The molecule has 0 unspecified atom stereocenters. The summed E-state index contributed by atoms with van der Waals surface area (Å²) in [5.41, 5.74) is 4.66. The minimum atomic E-state index is -0.476. The minimum absolute atomic E-state index is 0.467. The topological polar surface area (TPSA) is 55.8 Å². The molecule has 0 radical (unpaired) electrons. The summed E-state index contributed by atoms with van der Waals surface area (Å²) < 4.78 is 0. The van der Waals surface area contributed by atoms with Crippen LogP contribution in [0.15, 0.2) is 54.6 Å². The summed E-state index contributed by atoms with van der Waals surface area (Å²) in [5, 5.41) is 8.64. The maximum atomic E-state index is 11.3. The lowest BCUT2D eigenvalue weighted by molar-refractivity contribution is 0.0706. The zero-order valence-electron chi connectivity index (χ0n) is 13.7. The number of hydroxylamine groups is 1. The Morgan fingerprint density at radius 1 is 0.833 bits per heavy atom. The number of piperazine rings is 1. The molecule has 0 aliphatic carbocycles. The average molecular weight is 325 g/mol. The Labute approximate surface area is 142 Å². The van der Waals surface area contributed by atoms with E-state index in [1.54, 1.807) is 17.6 Å². The number of carbonyl (C=O) groups is 1. The summed E-state index contributed by atoms with van der Waals surface area (Å²) in [6.07, 6.45) is 0. The van der Waals surface area contributed by atoms with E-state index in [0.29, 0.717) is 5.56 Å². The molecule has 0 bridgehead atoms. The number of carbonyl (C=O) groups excluding carboxylic acids is 1. The molecule has 1 aliphatic heterocycles. The van der Waals surface area contributed by atoms with Crippen molar-refractivity contribution in [3.8, 4) is 0 Å². The first-order valence-electron chi connectivity index (χ1n) is 8.26. The molecular formula is C19H23N3O2. The fourth-order valence-electron chi connectivity index (χ4n) is 3.03. The number of nitrogens with zero attached hydrogens (tertiary/aromatic N) is 2. The van der Waals surface area contributed by atoms with Gasteiger partial charge in [0.2, 0.25) is 0 Å². The molecule has 0 atom stereocenters. The van der Waals surface area contributed by atoms with E-state index < -0.39 is 5.91 Å². The highest BCUT2D eigenvalue weighted by Crippen LogP contribution is 2.12. The first-order valence-corrected chi connectivity index (χ1v) is 8.26. The lowest BCUT2D eigenvalue weighted by atomic mass is 10.1. The third-order valence-corrected chi connectivity index (χ3v) is 4.44. The van der Waals surface area contributed by atoms with Crippen LogP contribution < -0.4 is 5.48 Å². The average Bonchev–Trinajstić information content (AvgIpc) is 2.64. The van der Waals surface area contributed by atoms with Crippen molar-refractivity contribution >= 4 is 5.91 Å². The second-order valence-electron chi connectivity index (χ2n) is 6.18. The molecule has 0 saturated carbocycles. The zero-order valence-corrected chi connectivity index (χ0v) is 13.7. The Morgan fingerprint density at radius 3 is 1.83 bits per heavy atom. The molecule has 1 aliphatic rings. The fourth-order valence-corrected chi connectivity index (χ4v) is 3.03. The smallest absolute Gasteiger partial charge is 0.274 e. The summed E-state index contributed by atoms with van der Waals surface area (Å²) in [7, 11) is 0. The first kappa shape index (κ1) is 16.6. The summed E-state index contributed by atoms with van der Waals surface area (Å²) in [6, 6.07) is 18.0. The fraction of sp³-hybridized carbons (Fsp3) is 0.316. The molecule has 3 rings (SSSR count). The molecule has 126 valence electrons. The van der Waals surface area contributed by atoms with E-state index in [9.17, 15) is 4.79 Å². The van der Waals surface area contributed by atoms with Crippen LogP contribution in [0.25, 0.3) is 0 Å². The SMILES string of the molecule is O=C(NO)c1ccc(CN2CCN(Cc3ccccc3)CC2)cc1. The second-order valence-corrected chi connectivity index (χ2v) is 6.18. The first-order chi connectivity index (χ1) is 11.7. The van der Waals surface area contributed by atoms with E-state index >= 15 is 0 Å². The van der Waals surface area contributed by atoms with Crippen LogP contribution >= 0.6 is 0 Å². The van der Waals surface area contributed by atoms with Gasteiger partial charge in [-0.25, -0.2) is 5.48 Å². The molecule has 5 nitrogen and oxygen atoms in total. The van der Waals surface area contributed by atoms with Gasteiger partial charge in [-0.3, -0.25) is 19.8 Å². The molecular weight excluding hydrogens is 302 g/mol. The van der Waals surface area contributed by atoms with E-state index in [1.807, 2.05) is 12.1 Å². The Morgan fingerprint density at radius 2 is 1.33 bits per heavy atom. The minimum Gasteiger partial charge on any atom is -0.297 e. The van der Waals surface area contributed by atoms with Crippen molar-refractivity contribution in [3.63, 3.8) is 0 Å². The molecule has 1 amide bonds. The van der Waals surface area contributed by atoms with Crippen LogP contribution in [0.4, 0.5) is 0 Å². The maximum Gasteiger partial charge on any atom is 0.274 e. The van der Waals surface area contributed by atoms with Gasteiger partial charge in [-0.15, -0.1) is 0 Å². The largest absolute Gasteiger partial charge is 0.297 e. The lowest BCUT2D eigenvalue weighted by Crippen LogP contribution is -2.45. The van der Waals surface area contributed by atoms with Crippen LogP contribution in [0.1, 0.15) is 21.5 Å². The van der Waals surface area contributed by atoms with E-state index in [-0.39, 0.29) is 0 Å².